The lowest BCUT2D eigenvalue weighted by atomic mass is 9.97. The third-order valence-electron chi connectivity index (χ3n) is 3.04. The molecular formula is C12H14FN. The van der Waals surface area contributed by atoms with Crippen molar-refractivity contribution in [2.45, 2.75) is 27.2 Å². The van der Waals surface area contributed by atoms with Crippen LogP contribution in [0.4, 0.5) is 10.1 Å². The Morgan fingerprint density at radius 1 is 1.14 bits per heavy atom. The van der Waals surface area contributed by atoms with E-state index in [0.717, 1.165) is 40.1 Å². The van der Waals surface area contributed by atoms with Crippen LogP contribution in [0.2, 0.25) is 0 Å². The largest absolute Gasteiger partial charge is 0.359 e. The van der Waals surface area contributed by atoms with Gasteiger partial charge in [0.15, 0.2) is 0 Å². The van der Waals surface area contributed by atoms with E-state index in [9.17, 15) is 4.39 Å². The predicted molar refractivity (Wildman–Crippen MR) is 57.1 cm³/mol. The fourth-order valence-electron chi connectivity index (χ4n) is 2.00. The van der Waals surface area contributed by atoms with Gasteiger partial charge in [0.1, 0.15) is 5.82 Å². The molecular weight excluding hydrogens is 177 g/mol. The summed E-state index contributed by atoms with van der Waals surface area (Å²) in [5.41, 5.74) is 5.58. The van der Waals surface area contributed by atoms with Gasteiger partial charge in [0.05, 0.1) is 0 Å². The van der Waals surface area contributed by atoms with Crippen molar-refractivity contribution in [2.75, 3.05) is 5.32 Å². The SMILES string of the molecule is C=C1Cc2c(C)c(F)c(C)c(C)c2N1. The number of allylic oxidation sites excluding steroid dienone is 1. The Hall–Kier alpha value is -1.31. The zero-order chi connectivity index (χ0) is 10.5. The van der Waals surface area contributed by atoms with Crippen molar-refractivity contribution < 1.29 is 4.39 Å². The van der Waals surface area contributed by atoms with Crippen LogP contribution >= 0.6 is 0 Å². The zero-order valence-corrected chi connectivity index (χ0v) is 8.79. The van der Waals surface area contributed by atoms with Gasteiger partial charge in [0.25, 0.3) is 0 Å². The van der Waals surface area contributed by atoms with Gasteiger partial charge >= 0.3 is 0 Å². The molecule has 0 unspecified atom stereocenters. The molecule has 1 aliphatic heterocycles. The van der Waals surface area contributed by atoms with Gasteiger partial charge in [-0.25, -0.2) is 4.39 Å². The summed E-state index contributed by atoms with van der Waals surface area (Å²) in [5.74, 6) is -0.0715. The van der Waals surface area contributed by atoms with E-state index in [1.54, 1.807) is 0 Å². The average molecular weight is 191 g/mol. The van der Waals surface area contributed by atoms with E-state index in [1.165, 1.54) is 0 Å². The molecule has 0 spiro atoms. The van der Waals surface area contributed by atoms with Crippen molar-refractivity contribution in [1.29, 1.82) is 0 Å². The second-order valence-electron chi connectivity index (χ2n) is 3.95. The highest BCUT2D eigenvalue weighted by molar-refractivity contribution is 5.70. The Kier molecular flexibility index (Phi) is 1.88. The first kappa shape index (κ1) is 9.25. The highest BCUT2D eigenvalue weighted by Gasteiger charge is 2.22. The molecule has 0 aromatic heterocycles. The van der Waals surface area contributed by atoms with Crippen molar-refractivity contribution in [1.82, 2.24) is 0 Å². The lowest BCUT2D eigenvalue weighted by Gasteiger charge is -2.12. The quantitative estimate of drug-likeness (QED) is 0.663. The Bertz CT molecular complexity index is 394. The van der Waals surface area contributed by atoms with Crippen molar-refractivity contribution >= 4 is 5.69 Å². The standard InChI is InChI=1S/C12H14FN/c1-6-5-10-9(4)11(13)7(2)8(3)12(10)14-6/h14H,1,5H2,2-4H3. The van der Waals surface area contributed by atoms with Crippen LogP contribution in [-0.2, 0) is 6.42 Å². The molecule has 1 nitrogen and oxygen atoms in total. The van der Waals surface area contributed by atoms with Crippen LogP contribution < -0.4 is 5.32 Å². The van der Waals surface area contributed by atoms with Crippen LogP contribution in [0.25, 0.3) is 0 Å². The molecule has 0 bridgehead atoms. The molecule has 1 N–H and O–H groups in total. The van der Waals surface area contributed by atoms with Gasteiger partial charge < -0.3 is 5.32 Å². The van der Waals surface area contributed by atoms with Crippen LogP contribution in [0.15, 0.2) is 12.3 Å². The van der Waals surface area contributed by atoms with Gasteiger partial charge in [0, 0.05) is 17.8 Å². The topological polar surface area (TPSA) is 12.0 Å². The van der Waals surface area contributed by atoms with Crippen LogP contribution in [0, 0.1) is 26.6 Å². The van der Waals surface area contributed by atoms with E-state index in [-0.39, 0.29) is 5.82 Å². The number of nitrogens with one attached hydrogen (secondary N) is 1. The Labute approximate surface area is 83.6 Å². The van der Waals surface area contributed by atoms with Crippen LogP contribution in [0.5, 0.6) is 0 Å². The van der Waals surface area contributed by atoms with E-state index in [1.807, 2.05) is 20.8 Å². The molecule has 1 aromatic carbocycles. The maximum Gasteiger partial charge on any atom is 0.129 e. The second kappa shape index (κ2) is 2.84. The second-order valence-corrected chi connectivity index (χ2v) is 3.95. The number of hydrogen-bond donors (Lipinski definition) is 1. The first-order valence-corrected chi connectivity index (χ1v) is 4.75. The number of rotatable bonds is 0. The van der Waals surface area contributed by atoms with Crippen LogP contribution in [0.3, 0.4) is 0 Å². The van der Waals surface area contributed by atoms with E-state index >= 15 is 0 Å². The summed E-state index contributed by atoms with van der Waals surface area (Å²) in [6.07, 6.45) is 0.749. The summed E-state index contributed by atoms with van der Waals surface area (Å²) in [6.45, 7) is 9.48. The number of hydrogen-bond acceptors (Lipinski definition) is 1. The maximum absolute atomic E-state index is 13.7. The predicted octanol–water partition coefficient (Wildman–Crippen LogP) is 3.23. The zero-order valence-electron chi connectivity index (χ0n) is 8.79. The van der Waals surface area contributed by atoms with Gasteiger partial charge in [-0.15, -0.1) is 0 Å². The maximum atomic E-state index is 13.7. The molecule has 1 aliphatic rings. The Balaban J connectivity index is 2.76. The van der Waals surface area contributed by atoms with Gasteiger partial charge in [-0.3, -0.25) is 0 Å². The molecule has 0 amide bonds. The smallest absolute Gasteiger partial charge is 0.129 e. The van der Waals surface area contributed by atoms with E-state index in [0.29, 0.717) is 0 Å². The summed E-state index contributed by atoms with van der Waals surface area (Å²) in [4.78, 5) is 0. The summed E-state index contributed by atoms with van der Waals surface area (Å²) in [6, 6.07) is 0. The van der Waals surface area contributed by atoms with E-state index < -0.39 is 0 Å². The lowest BCUT2D eigenvalue weighted by molar-refractivity contribution is 0.606. The fraction of sp³-hybridized carbons (Fsp3) is 0.333. The van der Waals surface area contributed by atoms with Gasteiger partial charge in [-0.1, -0.05) is 6.58 Å². The molecule has 14 heavy (non-hydrogen) atoms. The molecule has 0 saturated heterocycles. The Morgan fingerprint density at radius 2 is 1.79 bits per heavy atom. The van der Waals surface area contributed by atoms with Crippen molar-refractivity contribution in [3.8, 4) is 0 Å². The van der Waals surface area contributed by atoms with E-state index in [2.05, 4.69) is 11.9 Å². The summed E-state index contributed by atoms with van der Waals surface area (Å²) in [7, 11) is 0. The third kappa shape index (κ3) is 1.07. The van der Waals surface area contributed by atoms with Crippen molar-refractivity contribution in [3.63, 3.8) is 0 Å². The number of anilines is 1. The fourth-order valence-corrected chi connectivity index (χ4v) is 2.00. The normalized spacial score (nSPS) is 14.1. The highest BCUT2D eigenvalue weighted by atomic mass is 19.1. The minimum atomic E-state index is -0.0715. The third-order valence-corrected chi connectivity index (χ3v) is 3.04. The first-order valence-electron chi connectivity index (χ1n) is 4.75. The molecule has 1 aromatic rings. The molecule has 1 heterocycles. The minimum Gasteiger partial charge on any atom is -0.359 e. The summed E-state index contributed by atoms with van der Waals surface area (Å²) >= 11 is 0. The van der Waals surface area contributed by atoms with Crippen molar-refractivity contribution in [3.05, 3.63) is 40.3 Å². The minimum absolute atomic E-state index is 0.0715. The molecule has 0 saturated carbocycles. The van der Waals surface area contributed by atoms with Gasteiger partial charge in [0.2, 0.25) is 0 Å². The van der Waals surface area contributed by atoms with Gasteiger partial charge in [-0.2, -0.15) is 0 Å². The number of fused-ring (bicyclic) bond motifs is 1. The van der Waals surface area contributed by atoms with Crippen LogP contribution in [0.1, 0.15) is 22.3 Å². The Morgan fingerprint density at radius 3 is 2.43 bits per heavy atom. The molecule has 2 rings (SSSR count). The molecule has 0 radical (unpaired) electrons. The molecule has 74 valence electrons. The van der Waals surface area contributed by atoms with E-state index in [4.69, 9.17) is 0 Å². The first-order chi connectivity index (χ1) is 6.52. The van der Waals surface area contributed by atoms with Gasteiger partial charge in [-0.05, 0) is 43.0 Å². The monoisotopic (exact) mass is 191 g/mol. The number of benzene rings is 1. The lowest BCUT2D eigenvalue weighted by Crippen LogP contribution is -1.98. The molecule has 2 heteroatoms. The molecule has 0 aliphatic carbocycles. The number of halogens is 1. The van der Waals surface area contributed by atoms with Crippen LogP contribution in [-0.4, -0.2) is 0 Å². The summed E-state index contributed by atoms with van der Waals surface area (Å²) < 4.78 is 13.7. The average Bonchev–Trinajstić information content (AvgIpc) is 2.54. The van der Waals surface area contributed by atoms with Crippen molar-refractivity contribution in [2.24, 2.45) is 0 Å². The summed E-state index contributed by atoms with van der Waals surface area (Å²) in [5, 5.41) is 3.21. The molecule has 0 fully saturated rings. The molecule has 0 atom stereocenters. The highest BCUT2D eigenvalue weighted by Crippen LogP contribution is 2.36.